The van der Waals surface area contributed by atoms with Crippen molar-refractivity contribution in [1.82, 2.24) is 0 Å². The minimum absolute atomic E-state index is 0.0326. The first kappa shape index (κ1) is 13.8. The van der Waals surface area contributed by atoms with Crippen LogP contribution in [-0.4, -0.2) is 12.0 Å². The van der Waals surface area contributed by atoms with Gasteiger partial charge in [0.15, 0.2) is 11.6 Å². The smallest absolute Gasteiger partial charge is 0.269 e. The average Bonchev–Trinajstić information content (AvgIpc) is 2.45. The van der Waals surface area contributed by atoms with Crippen molar-refractivity contribution < 1.29 is 14.1 Å². The number of hydrogen-bond acceptors (Lipinski definition) is 4. The van der Waals surface area contributed by atoms with Crippen LogP contribution in [0, 0.1) is 15.9 Å². The van der Waals surface area contributed by atoms with Crippen molar-refractivity contribution in [2.24, 2.45) is 0 Å². The Morgan fingerprint density at radius 1 is 1.30 bits per heavy atom. The van der Waals surface area contributed by atoms with Crippen LogP contribution in [-0.2, 0) is 6.54 Å². The van der Waals surface area contributed by atoms with E-state index in [2.05, 4.69) is 5.32 Å². The van der Waals surface area contributed by atoms with Crippen molar-refractivity contribution >= 4 is 11.4 Å². The lowest BCUT2D eigenvalue weighted by Gasteiger charge is -2.08. The third kappa shape index (κ3) is 3.23. The number of hydrogen-bond donors (Lipinski definition) is 1. The van der Waals surface area contributed by atoms with Gasteiger partial charge in [-0.3, -0.25) is 10.1 Å². The van der Waals surface area contributed by atoms with E-state index in [9.17, 15) is 14.5 Å². The Labute approximate surface area is 115 Å². The zero-order chi connectivity index (χ0) is 14.5. The molecule has 0 aliphatic carbocycles. The van der Waals surface area contributed by atoms with Gasteiger partial charge in [0.25, 0.3) is 5.69 Å². The van der Waals surface area contributed by atoms with Crippen molar-refractivity contribution in [3.63, 3.8) is 0 Å². The summed E-state index contributed by atoms with van der Waals surface area (Å²) >= 11 is 0. The van der Waals surface area contributed by atoms with Crippen LogP contribution in [0.3, 0.4) is 0 Å². The molecule has 5 nitrogen and oxygen atoms in total. The molecule has 0 aromatic heterocycles. The molecule has 0 heterocycles. The summed E-state index contributed by atoms with van der Waals surface area (Å²) in [6, 6.07) is 10.8. The monoisotopic (exact) mass is 276 g/mol. The maximum atomic E-state index is 13.5. The van der Waals surface area contributed by atoms with Gasteiger partial charge in [-0.15, -0.1) is 0 Å². The van der Waals surface area contributed by atoms with E-state index in [4.69, 9.17) is 4.74 Å². The Morgan fingerprint density at radius 2 is 2.10 bits per heavy atom. The topological polar surface area (TPSA) is 64.4 Å². The lowest BCUT2D eigenvalue weighted by atomic mass is 10.2. The van der Waals surface area contributed by atoms with Crippen LogP contribution < -0.4 is 10.1 Å². The number of nitro groups is 1. The molecular weight excluding hydrogens is 263 g/mol. The summed E-state index contributed by atoms with van der Waals surface area (Å²) in [7, 11) is 1.40. The molecule has 0 bridgehead atoms. The summed E-state index contributed by atoms with van der Waals surface area (Å²) < 4.78 is 18.3. The van der Waals surface area contributed by atoms with Gasteiger partial charge in [-0.2, -0.15) is 0 Å². The van der Waals surface area contributed by atoms with Crippen LogP contribution >= 0.6 is 0 Å². The van der Waals surface area contributed by atoms with Crippen molar-refractivity contribution in [1.29, 1.82) is 0 Å². The van der Waals surface area contributed by atoms with Crippen LogP contribution in [0.1, 0.15) is 5.56 Å². The Bertz CT molecular complexity index is 632. The highest BCUT2D eigenvalue weighted by Crippen LogP contribution is 2.21. The second-order valence-electron chi connectivity index (χ2n) is 4.13. The molecule has 0 radical (unpaired) electrons. The van der Waals surface area contributed by atoms with Gasteiger partial charge in [0.1, 0.15) is 0 Å². The fraction of sp³-hybridized carbons (Fsp3) is 0.143. The highest BCUT2D eigenvalue weighted by molar-refractivity contribution is 5.48. The second-order valence-corrected chi connectivity index (χ2v) is 4.13. The summed E-state index contributed by atoms with van der Waals surface area (Å²) in [4.78, 5) is 10.2. The normalized spacial score (nSPS) is 10.1. The molecule has 0 aliphatic rings. The minimum atomic E-state index is -0.462. The summed E-state index contributed by atoms with van der Waals surface area (Å²) in [5.41, 5.74) is 1.36. The molecule has 0 fully saturated rings. The number of nitrogens with zero attached hydrogens (tertiary/aromatic N) is 1. The molecule has 0 unspecified atom stereocenters. The molecule has 6 heteroatoms. The number of rotatable bonds is 5. The summed E-state index contributed by atoms with van der Waals surface area (Å²) in [5, 5.41) is 13.7. The van der Waals surface area contributed by atoms with Gasteiger partial charge in [0.2, 0.25) is 0 Å². The SMILES string of the molecule is COc1ccc(NCc2cccc([N+](=O)[O-])c2)cc1F. The summed E-state index contributed by atoms with van der Waals surface area (Å²) in [5.74, 6) is -0.289. The minimum Gasteiger partial charge on any atom is -0.494 e. The van der Waals surface area contributed by atoms with Gasteiger partial charge in [-0.25, -0.2) is 4.39 Å². The van der Waals surface area contributed by atoms with E-state index in [-0.39, 0.29) is 11.4 Å². The molecule has 2 aromatic rings. The summed E-state index contributed by atoms with van der Waals surface area (Å²) in [6.07, 6.45) is 0. The van der Waals surface area contributed by atoms with E-state index in [1.54, 1.807) is 18.2 Å². The van der Waals surface area contributed by atoms with E-state index in [0.717, 1.165) is 5.56 Å². The molecule has 0 saturated heterocycles. The van der Waals surface area contributed by atoms with E-state index < -0.39 is 10.7 Å². The average molecular weight is 276 g/mol. The van der Waals surface area contributed by atoms with E-state index in [1.165, 1.54) is 31.4 Å². The fourth-order valence-corrected chi connectivity index (χ4v) is 1.76. The van der Waals surface area contributed by atoms with Crippen molar-refractivity contribution in [2.45, 2.75) is 6.54 Å². The van der Waals surface area contributed by atoms with Crippen LogP contribution in [0.15, 0.2) is 42.5 Å². The Kier molecular flexibility index (Phi) is 4.14. The molecule has 0 amide bonds. The van der Waals surface area contributed by atoms with E-state index >= 15 is 0 Å². The van der Waals surface area contributed by atoms with E-state index in [1.807, 2.05) is 0 Å². The Hall–Kier alpha value is -2.63. The van der Waals surface area contributed by atoms with Crippen LogP contribution in [0.4, 0.5) is 15.8 Å². The maximum Gasteiger partial charge on any atom is 0.269 e. The van der Waals surface area contributed by atoms with Crippen LogP contribution in [0.25, 0.3) is 0 Å². The lowest BCUT2D eigenvalue weighted by molar-refractivity contribution is -0.384. The molecule has 2 aromatic carbocycles. The largest absolute Gasteiger partial charge is 0.494 e. The quantitative estimate of drug-likeness (QED) is 0.671. The van der Waals surface area contributed by atoms with Crippen molar-refractivity contribution in [2.75, 3.05) is 12.4 Å². The molecule has 20 heavy (non-hydrogen) atoms. The molecule has 1 N–H and O–H groups in total. The third-order valence-electron chi connectivity index (χ3n) is 2.77. The van der Waals surface area contributed by atoms with Gasteiger partial charge in [-0.1, -0.05) is 12.1 Å². The molecule has 0 saturated carbocycles. The van der Waals surface area contributed by atoms with Crippen LogP contribution in [0.2, 0.25) is 0 Å². The van der Waals surface area contributed by atoms with Crippen LogP contribution in [0.5, 0.6) is 5.75 Å². The van der Waals surface area contributed by atoms with Gasteiger partial charge in [0, 0.05) is 30.4 Å². The van der Waals surface area contributed by atoms with Gasteiger partial charge in [0.05, 0.1) is 12.0 Å². The second kappa shape index (κ2) is 6.01. The van der Waals surface area contributed by atoms with Gasteiger partial charge < -0.3 is 10.1 Å². The predicted octanol–water partition coefficient (Wildman–Crippen LogP) is 3.35. The molecule has 0 spiro atoms. The number of halogens is 1. The number of anilines is 1. The number of ether oxygens (including phenoxy) is 1. The standard InChI is InChI=1S/C14H13FN2O3/c1-20-14-6-5-11(8-13(14)15)16-9-10-3-2-4-12(7-10)17(18)19/h2-8,16H,9H2,1H3. The van der Waals surface area contributed by atoms with Gasteiger partial charge >= 0.3 is 0 Å². The highest BCUT2D eigenvalue weighted by Gasteiger charge is 2.06. The molecule has 0 atom stereocenters. The number of nitrogens with one attached hydrogen (secondary N) is 1. The number of non-ortho nitro benzene ring substituents is 1. The van der Waals surface area contributed by atoms with Gasteiger partial charge in [-0.05, 0) is 17.7 Å². The number of methoxy groups -OCH3 is 1. The first-order valence-corrected chi connectivity index (χ1v) is 5.91. The third-order valence-corrected chi connectivity index (χ3v) is 2.77. The zero-order valence-corrected chi connectivity index (χ0v) is 10.8. The molecule has 104 valence electrons. The highest BCUT2D eigenvalue weighted by atomic mass is 19.1. The number of benzene rings is 2. The number of nitro benzene ring substituents is 1. The van der Waals surface area contributed by atoms with Crippen molar-refractivity contribution in [3.8, 4) is 5.75 Å². The first-order chi connectivity index (χ1) is 9.60. The predicted molar refractivity (Wildman–Crippen MR) is 73.4 cm³/mol. The zero-order valence-electron chi connectivity index (χ0n) is 10.8. The molecular formula is C14H13FN2O3. The first-order valence-electron chi connectivity index (χ1n) is 5.91. The summed E-state index contributed by atoms with van der Waals surface area (Å²) in [6.45, 7) is 0.369. The lowest BCUT2D eigenvalue weighted by Crippen LogP contribution is -2.01. The Morgan fingerprint density at radius 3 is 2.75 bits per heavy atom. The van der Waals surface area contributed by atoms with Crippen molar-refractivity contribution in [3.05, 3.63) is 64.0 Å². The Balaban J connectivity index is 2.07. The maximum absolute atomic E-state index is 13.5. The fourth-order valence-electron chi connectivity index (χ4n) is 1.76. The molecule has 0 aliphatic heterocycles. The molecule has 2 rings (SSSR count). The van der Waals surface area contributed by atoms with E-state index in [0.29, 0.717) is 12.2 Å².